The summed E-state index contributed by atoms with van der Waals surface area (Å²) in [4.78, 5) is 0. The molecule has 1 atom stereocenters. The molecule has 3 heteroatoms. The normalized spacial score (nSPS) is 13.3. The van der Waals surface area contributed by atoms with Crippen molar-refractivity contribution in [1.29, 1.82) is 0 Å². The van der Waals surface area contributed by atoms with E-state index in [4.69, 9.17) is 16.3 Å². The number of benzene rings is 2. The summed E-state index contributed by atoms with van der Waals surface area (Å²) in [6.07, 6.45) is 4.54. The van der Waals surface area contributed by atoms with Crippen LogP contribution in [-0.4, -0.2) is 15.2 Å². The SMILES string of the molecule is COc1ccc(/C=C/C(c2ccc(Cl)cc2)[Si](C)(C)C)cc1. The maximum Gasteiger partial charge on any atom is 0.118 e. The number of methoxy groups -OCH3 is 1. The van der Waals surface area contributed by atoms with Crippen molar-refractivity contribution in [2.24, 2.45) is 0 Å². The number of halogens is 1. The largest absolute Gasteiger partial charge is 0.497 e. The Balaban J connectivity index is 2.26. The van der Waals surface area contributed by atoms with Crippen LogP contribution in [0.2, 0.25) is 24.7 Å². The minimum atomic E-state index is -1.37. The number of hydrogen-bond donors (Lipinski definition) is 0. The lowest BCUT2D eigenvalue weighted by atomic mass is 10.1. The minimum absolute atomic E-state index is 0.465. The van der Waals surface area contributed by atoms with Crippen molar-refractivity contribution in [3.63, 3.8) is 0 Å². The summed E-state index contributed by atoms with van der Waals surface area (Å²) in [5, 5.41) is 0.789. The third-order valence-electron chi connectivity index (χ3n) is 3.76. The lowest BCUT2D eigenvalue weighted by molar-refractivity contribution is 0.415. The fourth-order valence-electron chi connectivity index (χ4n) is 2.49. The number of allylic oxidation sites excluding steroid dienone is 1. The van der Waals surface area contributed by atoms with Crippen LogP contribution in [0.25, 0.3) is 6.08 Å². The predicted molar refractivity (Wildman–Crippen MR) is 99.6 cm³/mol. The van der Waals surface area contributed by atoms with Gasteiger partial charge in [-0.05, 0) is 40.9 Å². The van der Waals surface area contributed by atoms with Gasteiger partial charge in [-0.15, -0.1) is 0 Å². The van der Waals surface area contributed by atoms with E-state index in [1.165, 1.54) is 11.1 Å². The van der Waals surface area contributed by atoms with E-state index in [9.17, 15) is 0 Å². The topological polar surface area (TPSA) is 9.23 Å². The first-order valence-electron chi connectivity index (χ1n) is 7.48. The molecule has 0 N–H and O–H groups in total. The van der Waals surface area contributed by atoms with E-state index in [-0.39, 0.29) is 0 Å². The van der Waals surface area contributed by atoms with E-state index in [1.54, 1.807) is 7.11 Å². The first-order valence-corrected chi connectivity index (χ1v) is 11.4. The quantitative estimate of drug-likeness (QED) is 0.609. The van der Waals surface area contributed by atoms with Gasteiger partial charge in [0.25, 0.3) is 0 Å². The summed E-state index contributed by atoms with van der Waals surface area (Å²) in [6.45, 7) is 7.18. The first-order chi connectivity index (χ1) is 10.4. The van der Waals surface area contributed by atoms with Crippen LogP contribution in [-0.2, 0) is 0 Å². The maximum atomic E-state index is 6.01. The van der Waals surface area contributed by atoms with Crippen molar-refractivity contribution in [1.82, 2.24) is 0 Å². The molecule has 0 spiro atoms. The zero-order valence-electron chi connectivity index (χ0n) is 13.6. The molecule has 2 rings (SSSR count). The van der Waals surface area contributed by atoms with Gasteiger partial charge >= 0.3 is 0 Å². The molecule has 0 radical (unpaired) electrons. The number of ether oxygens (including phenoxy) is 1. The molecule has 0 amide bonds. The Kier molecular flexibility index (Phi) is 5.49. The molecule has 1 unspecified atom stereocenters. The van der Waals surface area contributed by atoms with Gasteiger partial charge in [-0.3, -0.25) is 0 Å². The Morgan fingerprint density at radius 3 is 2.05 bits per heavy atom. The van der Waals surface area contributed by atoms with Gasteiger partial charge in [0.2, 0.25) is 0 Å². The van der Waals surface area contributed by atoms with Gasteiger partial charge in [0, 0.05) is 5.02 Å². The van der Waals surface area contributed by atoms with Crippen LogP contribution in [0.5, 0.6) is 5.75 Å². The van der Waals surface area contributed by atoms with Crippen LogP contribution in [0, 0.1) is 0 Å². The molecule has 2 aromatic rings. The molecule has 0 aromatic heterocycles. The van der Waals surface area contributed by atoms with E-state index in [0.29, 0.717) is 5.54 Å². The zero-order chi connectivity index (χ0) is 16.2. The van der Waals surface area contributed by atoms with Crippen LogP contribution in [0.15, 0.2) is 54.6 Å². The minimum Gasteiger partial charge on any atom is -0.497 e. The molecule has 0 aliphatic heterocycles. The van der Waals surface area contributed by atoms with Crippen LogP contribution in [0.3, 0.4) is 0 Å². The van der Waals surface area contributed by atoms with Gasteiger partial charge in [-0.1, -0.05) is 67.7 Å². The van der Waals surface area contributed by atoms with Crippen LogP contribution < -0.4 is 4.74 Å². The van der Waals surface area contributed by atoms with Crippen LogP contribution in [0.1, 0.15) is 16.7 Å². The fraction of sp³-hybridized carbons (Fsp3) is 0.263. The fourth-order valence-corrected chi connectivity index (χ4v) is 4.48. The second-order valence-electron chi connectivity index (χ2n) is 6.53. The second kappa shape index (κ2) is 7.17. The maximum absolute atomic E-state index is 6.01. The molecular formula is C19H23ClOSi. The average molecular weight is 331 g/mol. The average Bonchev–Trinajstić information content (AvgIpc) is 2.48. The monoisotopic (exact) mass is 330 g/mol. The standard InChI is InChI=1S/C19H23ClOSi/c1-21-18-12-5-15(6-13-18)7-14-19(22(2,3)4)16-8-10-17(20)11-9-16/h5-14,19H,1-4H3/b14-7+. The lowest BCUT2D eigenvalue weighted by Crippen LogP contribution is -2.29. The highest BCUT2D eigenvalue weighted by atomic mass is 35.5. The molecule has 0 aliphatic rings. The van der Waals surface area contributed by atoms with Crippen LogP contribution >= 0.6 is 11.6 Å². The summed E-state index contributed by atoms with van der Waals surface area (Å²) in [5.74, 6) is 0.886. The van der Waals surface area contributed by atoms with Crippen LogP contribution in [0.4, 0.5) is 0 Å². The molecule has 1 nitrogen and oxygen atoms in total. The molecule has 0 saturated heterocycles. The Hall–Kier alpha value is -1.51. The van der Waals surface area contributed by atoms with Gasteiger partial charge in [-0.2, -0.15) is 0 Å². The van der Waals surface area contributed by atoms with Crippen molar-refractivity contribution >= 4 is 25.8 Å². The van der Waals surface area contributed by atoms with Crippen molar-refractivity contribution in [2.75, 3.05) is 7.11 Å². The highest BCUT2D eigenvalue weighted by molar-refractivity contribution is 6.78. The Morgan fingerprint density at radius 1 is 0.955 bits per heavy atom. The molecule has 0 heterocycles. The van der Waals surface area contributed by atoms with Gasteiger partial charge in [-0.25, -0.2) is 0 Å². The number of hydrogen-bond acceptors (Lipinski definition) is 1. The molecule has 22 heavy (non-hydrogen) atoms. The Bertz CT molecular complexity index is 624. The van der Waals surface area contributed by atoms with Gasteiger partial charge in [0.1, 0.15) is 5.75 Å². The molecule has 116 valence electrons. The molecule has 2 aromatic carbocycles. The van der Waals surface area contributed by atoms with E-state index >= 15 is 0 Å². The van der Waals surface area contributed by atoms with Crippen molar-refractivity contribution < 1.29 is 4.74 Å². The van der Waals surface area contributed by atoms with E-state index < -0.39 is 8.07 Å². The third kappa shape index (κ3) is 4.49. The van der Waals surface area contributed by atoms with E-state index in [1.807, 2.05) is 24.3 Å². The third-order valence-corrected chi connectivity index (χ3v) is 6.40. The van der Waals surface area contributed by atoms with E-state index in [2.05, 4.69) is 56.1 Å². The van der Waals surface area contributed by atoms with Gasteiger partial charge in [0.05, 0.1) is 15.2 Å². The van der Waals surface area contributed by atoms with Crippen molar-refractivity contribution in [3.8, 4) is 5.75 Å². The Morgan fingerprint density at radius 2 is 1.55 bits per heavy atom. The predicted octanol–water partition coefficient (Wildman–Crippen LogP) is 6.02. The summed E-state index contributed by atoms with van der Waals surface area (Å²) < 4.78 is 5.20. The van der Waals surface area contributed by atoms with Crippen molar-refractivity contribution in [2.45, 2.75) is 25.2 Å². The second-order valence-corrected chi connectivity index (χ2v) is 12.3. The molecule has 0 fully saturated rings. The highest BCUT2D eigenvalue weighted by Crippen LogP contribution is 2.30. The molecular weight excluding hydrogens is 308 g/mol. The smallest absolute Gasteiger partial charge is 0.118 e. The number of rotatable bonds is 5. The molecule has 0 saturated carbocycles. The van der Waals surface area contributed by atoms with E-state index in [0.717, 1.165) is 10.8 Å². The first kappa shape index (κ1) is 16.9. The lowest BCUT2D eigenvalue weighted by Gasteiger charge is -2.26. The molecule has 0 bridgehead atoms. The Labute approximate surface area is 139 Å². The summed E-state index contributed by atoms with van der Waals surface area (Å²) in [6, 6.07) is 16.4. The van der Waals surface area contributed by atoms with Gasteiger partial charge in [0.15, 0.2) is 0 Å². The summed E-state index contributed by atoms with van der Waals surface area (Å²) in [5.41, 5.74) is 3.00. The molecule has 0 aliphatic carbocycles. The van der Waals surface area contributed by atoms with Crippen molar-refractivity contribution in [3.05, 3.63) is 70.8 Å². The highest BCUT2D eigenvalue weighted by Gasteiger charge is 2.25. The van der Waals surface area contributed by atoms with Gasteiger partial charge < -0.3 is 4.74 Å². The summed E-state index contributed by atoms with van der Waals surface area (Å²) in [7, 11) is 0.316. The zero-order valence-corrected chi connectivity index (χ0v) is 15.4. The summed E-state index contributed by atoms with van der Waals surface area (Å²) >= 11 is 6.01.